The first kappa shape index (κ1) is 15.6. The lowest BCUT2D eigenvalue weighted by Gasteiger charge is -2.31. The number of hydrogen-bond acceptors (Lipinski definition) is 5. The van der Waals surface area contributed by atoms with Gasteiger partial charge in [0.25, 0.3) is 0 Å². The van der Waals surface area contributed by atoms with Crippen molar-refractivity contribution in [2.45, 2.75) is 44.6 Å². The summed E-state index contributed by atoms with van der Waals surface area (Å²) >= 11 is 0. The van der Waals surface area contributed by atoms with E-state index in [0.717, 1.165) is 61.4 Å². The highest BCUT2D eigenvalue weighted by molar-refractivity contribution is 5.74. The van der Waals surface area contributed by atoms with Crippen molar-refractivity contribution in [3.63, 3.8) is 0 Å². The van der Waals surface area contributed by atoms with Crippen LogP contribution in [0.3, 0.4) is 0 Å². The molecule has 8 nitrogen and oxygen atoms in total. The highest BCUT2D eigenvalue weighted by Crippen LogP contribution is 2.42. The molecule has 5 rings (SSSR count). The van der Waals surface area contributed by atoms with Gasteiger partial charge >= 0.3 is 6.09 Å². The number of nitrogens with zero attached hydrogens (tertiary/aromatic N) is 5. The van der Waals surface area contributed by atoms with Crippen LogP contribution in [-0.4, -0.2) is 54.8 Å². The Kier molecular flexibility index (Phi) is 3.58. The Labute approximate surface area is 150 Å². The van der Waals surface area contributed by atoms with Crippen molar-refractivity contribution in [3.05, 3.63) is 24.3 Å². The maximum Gasteiger partial charge on any atom is 0.410 e. The van der Waals surface area contributed by atoms with Crippen LogP contribution in [0.4, 0.5) is 4.79 Å². The molecular formula is C18H22N6O2. The molecule has 4 heterocycles. The van der Waals surface area contributed by atoms with Crippen LogP contribution in [-0.2, 0) is 4.74 Å². The van der Waals surface area contributed by atoms with E-state index >= 15 is 0 Å². The number of amides is 1. The van der Waals surface area contributed by atoms with Gasteiger partial charge in [-0.3, -0.25) is 4.40 Å². The molecule has 0 spiro atoms. The van der Waals surface area contributed by atoms with E-state index in [1.165, 1.54) is 0 Å². The molecule has 26 heavy (non-hydrogen) atoms. The Hall–Kier alpha value is -2.64. The first-order chi connectivity index (χ1) is 12.7. The Morgan fingerprint density at radius 1 is 1.35 bits per heavy atom. The van der Waals surface area contributed by atoms with Crippen molar-refractivity contribution in [2.75, 3.05) is 13.1 Å². The van der Waals surface area contributed by atoms with Gasteiger partial charge in [0.15, 0.2) is 11.3 Å². The molecule has 0 unspecified atom stereocenters. The monoisotopic (exact) mass is 354 g/mol. The zero-order valence-corrected chi connectivity index (χ0v) is 14.8. The van der Waals surface area contributed by atoms with E-state index in [-0.39, 0.29) is 18.1 Å². The van der Waals surface area contributed by atoms with Crippen molar-refractivity contribution in [1.82, 2.24) is 29.5 Å². The molecule has 1 saturated carbocycles. The van der Waals surface area contributed by atoms with Gasteiger partial charge in [-0.15, -0.1) is 10.2 Å². The van der Waals surface area contributed by atoms with E-state index in [0.29, 0.717) is 5.92 Å². The summed E-state index contributed by atoms with van der Waals surface area (Å²) in [7, 11) is 0. The molecule has 1 aliphatic heterocycles. The molecule has 136 valence electrons. The Bertz CT molecular complexity index is 959. The predicted molar refractivity (Wildman–Crippen MR) is 94.9 cm³/mol. The van der Waals surface area contributed by atoms with Gasteiger partial charge in [-0.25, -0.2) is 9.78 Å². The van der Waals surface area contributed by atoms with Crippen molar-refractivity contribution in [1.29, 1.82) is 0 Å². The second-order valence-electron chi connectivity index (χ2n) is 7.31. The van der Waals surface area contributed by atoms with Gasteiger partial charge in [-0.05, 0) is 31.2 Å². The second kappa shape index (κ2) is 5.96. The van der Waals surface area contributed by atoms with E-state index in [1.807, 2.05) is 12.3 Å². The SMILES string of the molecule is CC[C@@H]1C[C@H](OC(=O)N2CCC2)C[C@@H]1c1nnc2cnc3[nH]ccc3n12. The Morgan fingerprint density at radius 2 is 2.23 bits per heavy atom. The maximum absolute atomic E-state index is 12.2. The average Bonchev–Trinajstić information content (AvgIpc) is 3.29. The van der Waals surface area contributed by atoms with Gasteiger partial charge in [0.2, 0.25) is 0 Å². The first-order valence-corrected chi connectivity index (χ1v) is 9.37. The number of aromatic nitrogens is 5. The predicted octanol–water partition coefficient (Wildman–Crippen LogP) is 2.72. The first-order valence-electron chi connectivity index (χ1n) is 9.37. The van der Waals surface area contributed by atoms with Crippen LogP contribution in [0, 0.1) is 5.92 Å². The second-order valence-corrected chi connectivity index (χ2v) is 7.31. The van der Waals surface area contributed by atoms with E-state index in [4.69, 9.17) is 4.74 Å². The van der Waals surface area contributed by atoms with Crippen LogP contribution >= 0.6 is 0 Å². The van der Waals surface area contributed by atoms with E-state index < -0.39 is 0 Å². The number of H-pyrrole nitrogens is 1. The number of nitrogens with one attached hydrogen (secondary N) is 1. The minimum Gasteiger partial charge on any atom is -0.446 e. The average molecular weight is 354 g/mol. The van der Waals surface area contributed by atoms with Crippen LogP contribution in [0.2, 0.25) is 0 Å². The molecule has 0 radical (unpaired) electrons. The molecule has 0 aromatic carbocycles. The van der Waals surface area contributed by atoms with Gasteiger partial charge in [0.05, 0.1) is 11.7 Å². The third kappa shape index (κ3) is 2.35. The number of likely N-dealkylation sites (tertiary alicyclic amines) is 1. The summed E-state index contributed by atoms with van der Waals surface area (Å²) in [6.45, 7) is 3.83. The minimum atomic E-state index is -0.167. The van der Waals surface area contributed by atoms with Gasteiger partial charge in [-0.2, -0.15) is 0 Å². The van der Waals surface area contributed by atoms with Gasteiger partial charge in [0, 0.05) is 25.2 Å². The third-order valence-electron chi connectivity index (χ3n) is 5.86. The zero-order valence-electron chi connectivity index (χ0n) is 14.8. The van der Waals surface area contributed by atoms with E-state index in [1.54, 1.807) is 11.1 Å². The molecule has 1 N–H and O–H groups in total. The number of rotatable bonds is 3. The van der Waals surface area contributed by atoms with E-state index in [2.05, 4.69) is 31.5 Å². The lowest BCUT2D eigenvalue weighted by molar-refractivity contribution is 0.0472. The topological polar surface area (TPSA) is 88.4 Å². The summed E-state index contributed by atoms with van der Waals surface area (Å²) in [5.41, 5.74) is 2.56. The number of fused-ring (bicyclic) bond motifs is 3. The minimum absolute atomic E-state index is 0.0473. The van der Waals surface area contributed by atoms with Gasteiger partial charge in [0.1, 0.15) is 11.9 Å². The number of aromatic amines is 1. The Morgan fingerprint density at radius 3 is 3.00 bits per heavy atom. The van der Waals surface area contributed by atoms with Crippen LogP contribution < -0.4 is 0 Å². The summed E-state index contributed by atoms with van der Waals surface area (Å²) < 4.78 is 7.86. The molecule has 0 bridgehead atoms. The highest BCUT2D eigenvalue weighted by atomic mass is 16.6. The van der Waals surface area contributed by atoms with Crippen molar-refractivity contribution in [3.8, 4) is 0 Å². The van der Waals surface area contributed by atoms with Gasteiger partial charge < -0.3 is 14.6 Å². The summed E-state index contributed by atoms with van der Waals surface area (Å²) in [6, 6.07) is 2.00. The number of carbonyl (C=O) groups excluding carboxylic acids is 1. The lowest BCUT2D eigenvalue weighted by atomic mass is 9.93. The normalized spacial score (nSPS) is 25.7. The fraction of sp³-hybridized carbons (Fsp3) is 0.556. The van der Waals surface area contributed by atoms with Crippen molar-refractivity contribution >= 4 is 22.9 Å². The standard InChI is InChI=1S/C18H22N6O2/c1-2-11-8-12(26-18(25)23-6-3-7-23)9-13(11)17-22-21-15-10-20-16-14(24(15)17)4-5-19-16/h4-5,10-13,19H,2-3,6-9H2,1H3/t11-,12+,13+/m1/s1. The molecule has 1 aliphatic carbocycles. The molecule has 3 aromatic heterocycles. The molecule has 1 saturated heterocycles. The molecular weight excluding hydrogens is 332 g/mol. The fourth-order valence-electron chi connectivity index (χ4n) is 4.29. The third-order valence-corrected chi connectivity index (χ3v) is 5.86. The van der Waals surface area contributed by atoms with Crippen molar-refractivity contribution < 1.29 is 9.53 Å². The molecule has 8 heteroatoms. The summed E-state index contributed by atoms with van der Waals surface area (Å²) in [5, 5.41) is 8.81. The molecule has 2 fully saturated rings. The summed E-state index contributed by atoms with van der Waals surface area (Å²) in [6.07, 6.45) is 7.20. The summed E-state index contributed by atoms with van der Waals surface area (Å²) in [4.78, 5) is 21.5. The lowest BCUT2D eigenvalue weighted by Crippen LogP contribution is -2.43. The van der Waals surface area contributed by atoms with Crippen LogP contribution in [0.15, 0.2) is 18.5 Å². The summed E-state index contributed by atoms with van der Waals surface area (Å²) in [5.74, 6) is 1.60. The molecule has 1 amide bonds. The van der Waals surface area contributed by atoms with Gasteiger partial charge in [-0.1, -0.05) is 13.3 Å². The maximum atomic E-state index is 12.2. The Balaban J connectivity index is 1.46. The van der Waals surface area contributed by atoms with Crippen molar-refractivity contribution in [2.24, 2.45) is 5.92 Å². The number of carbonyl (C=O) groups is 1. The molecule has 3 atom stereocenters. The number of hydrogen-bond donors (Lipinski definition) is 1. The smallest absolute Gasteiger partial charge is 0.410 e. The number of ether oxygens (including phenoxy) is 1. The molecule has 2 aliphatic rings. The highest BCUT2D eigenvalue weighted by Gasteiger charge is 2.40. The fourth-order valence-corrected chi connectivity index (χ4v) is 4.29. The quantitative estimate of drug-likeness (QED) is 0.781. The van der Waals surface area contributed by atoms with Crippen LogP contribution in [0.5, 0.6) is 0 Å². The molecule has 3 aromatic rings. The van der Waals surface area contributed by atoms with Crippen LogP contribution in [0.25, 0.3) is 16.8 Å². The zero-order chi connectivity index (χ0) is 17.7. The van der Waals surface area contributed by atoms with E-state index in [9.17, 15) is 4.79 Å². The largest absolute Gasteiger partial charge is 0.446 e. The van der Waals surface area contributed by atoms with Crippen LogP contribution in [0.1, 0.15) is 44.3 Å².